The molecule has 0 spiro atoms. The maximum atomic E-state index is 12.5. The fraction of sp³-hybridized carbons (Fsp3) is 0.316. The van der Waals surface area contributed by atoms with Gasteiger partial charge in [-0.15, -0.1) is 0 Å². The molecule has 1 aliphatic rings. The predicted octanol–water partition coefficient (Wildman–Crippen LogP) is 3.82. The van der Waals surface area contributed by atoms with Gasteiger partial charge in [-0.05, 0) is 48.7 Å². The van der Waals surface area contributed by atoms with Crippen molar-refractivity contribution < 1.29 is 19.0 Å². The molecule has 0 aromatic heterocycles. The van der Waals surface area contributed by atoms with Crippen molar-refractivity contribution in [3.05, 3.63) is 53.6 Å². The largest absolute Gasteiger partial charge is 0.493 e. The zero-order valence-corrected chi connectivity index (χ0v) is 14.1. The summed E-state index contributed by atoms with van der Waals surface area (Å²) in [6.07, 6.45) is 0.415. The lowest BCUT2D eigenvalue weighted by molar-refractivity contribution is 0.131. The average molecular weight is 327 g/mol. The number of hydrogen-bond acceptors (Lipinski definition) is 4. The number of rotatable bonds is 3. The first-order valence-electron chi connectivity index (χ1n) is 7.92. The number of carbonyl (C=O) groups excluding carboxylic acids is 1. The van der Waals surface area contributed by atoms with Crippen molar-refractivity contribution in [1.82, 2.24) is 4.90 Å². The van der Waals surface area contributed by atoms with E-state index in [1.807, 2.05) is 37.3 Å². The summed E-state index contributed by atoms with van der Waals surface area (Å²) in [4.78, 5) is 14.3. The molecule has 1 atom stereocenters. The molecule has 0 N–H and O–H groups in total. The molecule has 5 nitrogen and oxygen atoms in total. The molecule has 0 unspecified atom stereocenters. The summed E-state index contributed by atoms with van der Waals surface area (Å²) in [5, 5.41) is 0. The minimum absolute atomic E-state index is 0.0928. The fourth-order valence-corrected chi connectivity index (χ4v) is 3.04. The third-order valence-corrected chi connectivity index (χ3v) is 4.37. The summed E-state index contributed by atoms with van der Waals surface area (Å²) in [5.74, 6) is 1.93. The van der Waals surface area contributed by atoms with Crippen LogP contribution in [0.15, 0.2) is 42.5 Å². The van der Waals surface area contributed by atoms with E-state index in [0.717, 1.165) is 12.0 Å². The van der Waals surface area contributed by atoms with Crippen molar-refractivity contribution >= 4 is 6.09 Å². The van der Waals surface area contributed by atoms with Gasteiger partial charge >= 0.3 is 6.09 Å². The van der Waals surface area contributed by atoms with Gasteiger partial charge in [0.2, 0.25) is 0 Å². The Morgan fingerprint density at radius 2 is 1.75 bits per heavy atom. The normalized spacial score (nSPS) is 16.3. The first-order chi connectivity index (χ1) is 11.6. The van der Waals surface area contributed by atoms with Crippen LogP contribution in [-0.2, 0) is 6.42 Å². The molecular weight excluding hydrogens is 306 g/mol. The minimum atomic E-state index is -0.339. The van der Waals surface area contributed by atoms with Crippen LogP contribution in [0.25, 0.3) is 0 Å². The molecule has 1 amide bonds. The quantitative estimate of drug-likeness (QED) is 0.860. The molecule has 0 radical (unpaired) electrons. The third kappa shape index (κ3) is 3.02. The standard InChI is InChI=1S/C19H21NO4/c1-13-16-12-18(23-3)17(22-2)11-14(16)9-10-20(13)19(21)24-15-7-5-4-6-8-15/h4-8,11-13H,9-10H2,1-3H3/t13-/m1/s1. The average Bonchev–Trinajstić information content (AvgIpc) is 2.61. The molecule has 1 aliphatic heterocycles. The maximum Gasteiger partial charge on any atom is 0.415 e. The lowest BCUT2D eigenvalue weighted by atomic mass is 9.93. The summed E-state index contributed by atoms with van der Waals surface area (Å²) >= 11 is 0. The lowest BCUT2D eigenvalue weighted by Gasteiger charge is -2.34. The summed E-state index contributed by atoms with van der Waals surface area (Å²) in [6, 6.07) is 13.0. The zero-order valence-electron chi connectivity index (χ0n) is 14.1. The molecule has 2 aromatic carbocycles. The van der Waals surface area contributed by atoms with E-state index in [9.17, 15) is 4.79 Å². The maximum absolute atomic E-state index is 12.5. The predicted molar refractivity (Wildman–Crippen MR) is 90.8 cm³/mol. The topological polar surface area (TPSA) is 48.0 Å². The molecule has 0 saturated heterocycles. The van der Waals surface area contributed by atoms with E-state index >= 15 is 0 Å². The monoisotopic (exact) mass is 327 g/mol. The van der Waals surface area contributed by atoms with E-state index < -0.39 is 0 Å². The number of carbonyl (C=O) groups is 1. The summed E-state index contributed by atoms with van der Waals surface area (Å²) in [6.45, 7) is 2.60. The highest BCUT2D eigenvalue weighted by atomic mass is 16.6. The van der Waals surface area contributed by atoms with E-state index in [0.29, 0.717) is 23.8 Å². The molecule has 0 fully saturated rings. The van der Waals surface area contributed by atoms with Gasteiger partial charge in [0.15, 0.2) is 11.5 Å². The van der Waals surface area contributed by atoms with Gasteiger partial charge in [0.1, 0.15) is 5.75 Å². The highest BCUT2D eigenvalue weighted by Crippen LogP contribution is 2.38. The number of amides is 1. The second-order valence-electron chi connectivity index (χ2n) is 5.71. The van der Waals surface area contributed by atoms with Gasteiger partial charge in [0.05, 0.1) is 20.3 Å². The van der Waals surface area contributed by atoms with Gasteiger partial charge in [-0.2, -0.15) is 0 Å². The van der Waals surface area contributed by atoms with Gasteiger partial charge in [-0.25, -0.2) is 4.79 Å². The summed E-state index contributed by atoms with van der Waals surface area (Å²) in [5.41, 5.74) is 2.23. The van der Waals surface area contributed by atoms with E-state index in [1.165, 1.54) is 5.56 Å². The van der Waals surface area contributed by atoms with E-state index in [-0.39, 0.29) is 12.1 Å². The summed E-state index contributed by atoms with van der Waals surface area (Å²) < 4.78 is 16.2. The second-order valence-corrected chi connectivity index (χ2v) is 5.71. The number of fused-ring (bicyclic) bond motifs is 1. The molecular formula is C19H21NO4. The fourth-order valence-electron chi connectivity index (χ4n) is 3.04. The first kappa shape index (κ1) is 16.2. The SMILES string of the molecule is COc1cc2c(cc1OC)[C@@H](C)N(C(=O)Oc1ccccc1)CC2. The number of para-hydroxylation sites is 1. The Morgan fingerprint density at radius 3 is 2.42 bits per heavy atom. The van der Waals surface area contributed by atoms with Crippen LogP contribution < -0.4 is 14.2 Å². The highest BCUT2D eigenvalue weighted by molar-refractivity contribution is 5.72. The minimum Gasteiger partial charge on any atom is -0.493 e. The Kier molecular flexibility index (Phi) is 4.60. The van der Waals surface area contributed by atoms with Crippen LogP contribution in [0.5, 0.6) is 17.2 Å². The Morgan fingerprint density at radius 1 is 1.08 bits per heavy atom. The molecule has 0 saturated carbocycles. The summed E-state index contributed by atoms with van der Waals surface area (Å²) in [7, 11) is 3.24. The lowest BCUT2D eigenvalue weighted by Crippen LogP contribution is -2.40. The molecule has 1 heterocycles. The Balaban J connectivity index is 1.83. The van der Waals surface area contributed by atoms with Crippen molar-refractivity contribution in [2.24, 2.45) is 0 Å². The number of hydrogen-bond donors (Lipinski definition) is 0. The number of benzene rings is 2. The molecule has 0 bridgehead atoms. The number of methoxy groups -OCH3 is 2. The van der Waals surface area contributed by atoms with Gasteiger partial charge in [-0.1, -0.05) is 18.2 Å². The van der Waals surface area contributed by atoms with E-state index in [2.05, 4.69) is 0 Å². The molecule has 126 valence electrons. The van der Waals surface area contributed by atoms with Crippen LogP contribution in [0.4, 0.5) is 4.79 Å². The van der Waals surface area contributed by atoms with Gasteiger partial charge < -0.3 is 19.1 Å². The van der Waals surface area contributed by atoms with Crippen molar-refractivity contribution in [2.75, 3.05) is 20.8 Å². The Hall–Kier alpha value is -2.69. The number of nitrogens with zero attached hydrogens (tertiary/aromatic N) is 1. The smallest absolute Gasteiger partial charge is 0.415 e. The zero-order chi connectivity index (χ0) is 17.1. The van der Waals surface area contributed by atoms with Crippen LogP contribution >= 0.6 is 0 Å². The third-order valence-electron chi connectivity index (χ3n) is 4.37. The molecule has 3 rings (SSSR count). The molecule has 5 heteroatoms. The first-order valence-corrected chi connectivity index (χ1v) is 7.92. The van der Waals surface area contributed by atoms with Crippen molar-refractivity contribution in [2.45, 2.75) is 19.4 Å². The van der Waals surface area contributed by atoms with E-state index in [1.54, 1.807) is 31.3 Å². The second kappa shape index (κ2) is 6.83. The van der Waals surface area contributed by atoms with Crippen LogP contribution in [0.2, 0.25) is 0 Å². The van der Waals surface area contributed by atoms with Crippen LogP contribution in [0.1, 0.15) is 24.1 Å². The molecule has 24 heavy (non-hydrogen) atoms. The highest BCUT2D eigenvalue weighted by Gasteiger charge is 2.30. The van der Waals surface area contributed by atoms with Crippen LogP contribution in [0, 0.1) is 0 Å². The van der Waals surface area contributed by atoms with Gasteiger partial charge in [0, 0.05) is 6.54 Å². The molecule has 2 aromatic rings. The number of ether oxygens (including phenoxy) is 3. The van der Waals surface area contributed by atoms with Crippen molar-refractivity contribution in [3.63, 3.8) is 0 Å². The van der Waals surface area contributed by atoms with Gasteiger partial charge in [-0.3, -0.25) is 0 Å². The Bertz CT molecular complexity index is 730. The van der Waals surface area contributed by atoms with Gasteiger partial charge in [0.25, 0.3) is 0 Å². The van der Waals surface area contributed by atoms with Crippen LogP contribution in [-0.4, -0.2) is 31.8 Å². The Labute approximate surface area is 141 Å². The molecule has 0 aliphatic carbocycles. The van der Waals surface area contributed by atoms with E-state index in [4.69, 9.17) is 14.2 Å². The van der Waals surface area contributed by atoms with Crippen LogP contribution in [0.3, 0.4) is 0 Å². The van der Waals surface area contributed by atoms with Crippen molar-refractivity contribution in [1.29, 1.82) is 0 Å². The van der Waals surface area contributed by atoms with Crippen molar-refractivity contribution in [3.8, 4) is 17.2 Å².